The molecule has 0 radical (unpaired) electrons. The summed E-state index contributed by atoms with van der Waals surface area (Å²) < 4.78 is 26.3. The van der Waals surface area contributed by atoms with E-state index in [-0.39, 0.29) is 30.2 Å². The second kappa shape index (κ2) is 5.53. The molecule has 2 aliphatic rings. The number of amides is 2. The summed E-state index contributed by atoms with van der Waals surface area (Å²) in [5.74, 6) is -3.95. The summed E-state index contributed by atoms with van der Waals surface area (Å²) >= 11 is 0. The van der Waals surface area contributed by atoms with Crippen LogP contribution >= 0.6 is 0 Å². The normalized spacial score (nSPS) is 27.1. The highest BCUT2D eigenvalue weighted by atomic mass is 19.3. The molecule has 1 heterocycles. The van der Waals surface area contributed by atoms with Gasteiger partial charge in [0.05, 0.1) is 5.92 Å². The molecular weight excluding hydrogens is 314 g/mol. The molecule has 4 nitrogen and oxygen atoms in total. The maximum absolute atomic E-state index is 13.1. The molecule has 0 aromatic heterocycles. The van der Waals surface area contributed by atoms with Crippen molar-refractivity contribution in [3.63, 3.8) is 0 Å². The third-order valence-corrected chi connectivity index (χ3v) is 4.91. The molecule has 1 aliphatic carbocycles. The summed E-state index contributed by atoms with van der Waals surface area (Å²) in [6.07, 6.45) is 0.733. The third kappa shape index (κ3) is 3.28. The van der Waals surface area contributed by atoms with Gasteiger partial charge in [0.1, 0.15) is 0 Å². The lowest BCUT2D eigenvalue weighted by Crippen LogP contribution is -2.38. The molecule has 0 bridgehead atoms. The average Bonchev–Trinajstić information content (AvgIpc) is 3.00. The average molecular weight is 336 g/mol. The number of carbonyl (C=O) groups is 2. The maximum Gasteiger partial charge on any atom is 0.255 e. The van der Waals surface area contributed by atoms with Crippen molar-refractivity contribution in [3.05, 3.63) is 35.4 Å². The molecule has 0 spiro atoms. The van der Waals surface area contributed by atoms with Crippen molar-refractivity contribution in [1.29, 1.82) is 0 Å². The van der Waals surface area contributed by atoms with Crippen LogP contribution in [0, 0.1) is 5.41 Å². The number of carbonyl (C=O) groups excluding carboxylic acids is 2. The topological polar surface area (TPSA) is 63.4 Å². The lowest BCUT2D eigenvalue weighted by molar-refractivity contribution is -0.118. The minimum absolute atomic E-state index is 0.0776. The molecule has 1 saturated carbocycles. The molecule has 1 aromatic rings. The summed E-state index contributed by atoms with van der Waals surface area (Å²) in [7, 11) is 0. The Morgan fingerprint density at radius 3 is 2.29 bits per heavy atom. The van der Waals surface area contributed by atoms with Gasteiger partial charge in [-0.1, -0.05) is 26.0 Å². The van der Waals surface area contributed by atoms with E-state index in [0.717, 1.165) is 0 Å². The Hall–Kier alpha value is -1.98. The first-order chi connectivity index (χ1) is 11.1. The lowest BCUT2D eigenvalue weighted by atomic mass is 9.90. The number of hydrogen-bond donors (Lipinski definition) is 1. The van der Waals surface area contributed by atoms with E-state index in [9.17, 15) is 18.4 Å². The zero-order valence-corrected chi connectivity index (χ0v) is 13.9. The van der Waals surface area contributed by atoms with Crippen molar-refractivity contribution in [2.75, 3.05) is 6.54 Å². The third-order valence-electron chi connectivity index (χ3n) is 4.91. The highest BCUT2D eigenvalue weighted by molar-refractivity contribution is 5.95. The Bertz CT molecular complexity index is 670. The number of hydrogen-bond acceptors (Lipinski definition) is 2. The van der Waals surface area contributed by atoms with E-state index in [1.165, 1.54) is 0 Å². The van der Waals surface area contributed by atoms with Gasteiger partial charge in [0.15, 0.2) is 0 Å². The van der Waals surface area contributed by atoms with Crippen LogP contribution in [0.3, 0.4) is 0 Å². The van der Waals surface area contributed by atoms with Crippen LogP contribution in [0.25, 0.3) is 0 Å². The second-order valence-electron chi connectivity index (χ2n) is 7.77. The monoisotopic (exact) mass is 336 g/mol. The fraction of sp³-hybridized carbons (Fsp3) is 0.556. The van der Waals surface area contributed by atoms with Crippen molar-refractivity contribution in [3.8, 4) is 0 Å². The SMILES string of the molecule is CC1(C)CC(CC(N)=O)N(C(=O)c2ccc(C3CC3(F)F)cc2)C1. The first-order valence-electron chi connectivity index (χ1n) is 8.16. The summed E-state index contributed by atoms with van der Waals surface area (Å²) in [5.41, 5.74) is 6.24. The molecule has 2 unspecified atom stereocenters. The van der Waals surface area contributed by atoms with Gasteiger partial charge in [0.2, 0.25) is 5.91 Å². The molecule has 130 valence electrons. The molecule has 1 aliphatic heterocycles. The Balaban J connectivity index is 1.76. The summed E-state index contributed by atoms with van der Waals surface area (Å²) in [6, 6.07) is 6.18. The fourth-order valence-corrected chi connectivity index (χ4v) is 3.65. The van der Waals surface area contributed by atoms with Crippen molar-refractivity contribution < 1.29 is 18.4 Å². The number of alkyl halides is 2. The van der Waals surface area contributed by atoms with Crippen LogP contribution in [0.5, 0.6) is 0 Å². The van der Waals surface area contributed by atoms with Crippen molar-refractivity contribution >= 4 is 11.8 Å². The van der Waals surface area contributed by atoms with Gasteiger partial charge >= 0.3 is 0 Å². The zero-order valence-electron chi connectivity index (χ0n) is 13.9. The molecule has 2 atom stereocenters. The van der Waals surface area contributed by atoms with Gasteiger partial charge in [0.25, 0.3) is 11.8 Å². The molecule has 1 saturated heterocycles. The minimum Gasteiger partial charge on any atom is -0.370 e. The van der Waals surface area contributed by atoms with E-state index < -0.39 is 17.7 Å². The molecule has 2 fully saturated rings. The van der Waals surface area contributed by atoms with Gasteiger partial charge in [0, 0.05) is 31.0 Å². The lowest BCUT2D eigenvalue weighted by Gasteiger charge is -2.24. The summed E-state index contributed by atoms with van der Waals surface area (Å²) in [5, 5.41) is 0. The van der Waals surface area contributed by atoms with E-state index in [2.05, 4.69) is 0 Å². The molecule has 3 rings (SSSR count). The molecular formula is C18H22F2N2O2. The predicted octanol–water partition coefficient (Wildman–Crippen LogP) is 2.93. The van der Waals surface area contributed by atoms with E-state index in [4.69, 9.17) is 5.73 Å². The standard InChI is InChI=1S/C18H22F2N2O2/c1-17(2)8-13(7-15(21)23)22(10-17)16(24)12-5-3-11(4-6-12)14-9-18(14,19)20/h3-6,13-14H,7-10H2,1-2H3,(H2,21,23). The van der Waals surface area contributed by atoms with E-state index in [1.807, 2.05) is 13.8 Å². The maximum atomic E-state index is 13.1. The number of benzene rings is 1. The van der Waals surface area contributed by atoms with Crippen LogP contribution in [0.15, 0.2) is 24.3 Å². The zero-order chi connectivity index (χ0) is 17.7. The first kappa shape index (κ1) is 16.9. The molecule has 24 heavy (non-hydrogen) atoms. The van der Waals surface area contributed by atoms with E-state index in [0.29, 0.717) is 24.1 Å². The Kier molecular flexibility index (Phi) is 3.89. The van der Waals surface area contributed by atoms with Gasteiger partial charge in [-0.15, -0.1) is 0 Å². The summed E-state index contributed by atoms with van der Waals surface area (Å²) in [4.78, 5) is 25.7. The van der Waals surface area contributed by atoms with Crippen LogP contribution < -0.4 is 5.73 Å². The number of rotatable bonds is 4. The van der Waals surface area contributed by atoms with Crippen molar-refractivity contribution in [2.24, 2.45) is 11.1 Å². The quantitative estimate of drug-likeness (QED) is 0.919. The van der Waals surface area contributed by atoms with Gasteiger partial charge in [-0.05, 0) is 29.5 Å². The minimum atomic E-state index is -2.61. The number of halogens is 2. The van der Waals surface area contributed by atoms with Crippen molar-refractivity contribution in [1.82, 2.24) is 4.90 Å². The molecule has 1 aromatic carbocycles. The molecule has 6 heteroatoms. The smallest absolute Gasteiger partial charge is 0.255 e. The van der Waals surface area contributed by atoms with Crippen LogP contribution in [-0.2, 0) is 4.79 Å². The number of nitrogens with two attached hydrogens (primary N) is 1. The van der Waals surface area contributed by atoms with Gasteiger partial charge in [-0.2, -0.15) is 0 Å². The van der Waals surface area contributed by atoms with E-state index in [1.54, 1.807) is 29.2 Å². The second-order valence-corrected chi connectivity index (χ2v) is 7.77. The first-order valence-corrected chi connectivity index (χ1v) is 8.16. The molecule has 2 amide bonds. The van der Waals surface area contributed by atoms with E-state index >= 15 is 0 Å². The Labute approximate surface area is 140 Å². The highest BCUT2D eigenvalue weighted by Crippen LogP contribution is 2.55. The van der Waals surface area contributed by atoms with Gasteiger partial charge in [-0.3, -0.25) is 9.59 Å². The van der Waals surface area contributed by atoms with Crippen molar-refractivity contribution in [2.45, 2.75) is 51.0 Å². The fourth-order valence-electron chi connectivity index (χ4n) is 3.65. The van der Waals surface area contributed by atoms with Gasteiger partial charge in [-0.25, -0.2) is 8.78 Å². The Morgan fingerprint density at radius 2 is 1.79 bits per heavy atom. The number of nitrogens with zero attached hydrogens (tertiary/aromatic N) is 1. The molecule has 2 N–H and O–H groups in total. The Morgan fingerprint density at radius 1 is 1.21 bits per heavy atom. The largest absolute Gasteiger partial charge is 0.370 e. The number of likely N-dealkylation sites (tertiary alicyclic amines) is 1. The number of primary amides is 1. The highest BCUT2D eigenvalue weighted by Gasteiger charge is 2.57. The van der Waals surface area contributed by atoms with Crippen LogP contribution in [0.2, 0.25) is 0 Å². The van der Waals surface area contributed by atoms with Crippen LogP contribution in [0.1, 0.15) is 54.9 Å². The van der Waals surface area contributed by atoms with Gasteiger partial charge < -0.3 is 10.6 Å². The predicted molar refractivity (Wildman–Crippen MR) is 85.8 cm³/mol. The summed E-state index contributed by atoms with van der Waals surface area (Å²) in [6.45, 7) is 4.64. The van der Waals surface area contributed by atoms with Crippen LogP contribution in [0.4, 0.5) is 8.78 Å². The van der Waals surface area contributed by atoms with Crippen LogP contribution in [-0.4, -0.2) is 35.2 Å².